The maximum Gasteiger partial charge on any atom is 0.226 e. The zero-order valence-electron chi connectivity index (χ0n) is 13.8. The molecule has 1 atom stereocenters. The molecule has 1 fully saturated rings. The van der Waals surface area contributed by atoms with Crippen LogP contribution in [0.4, 0.5) is 0 Å². The SMILES string of the molecule is CCC(C)NC(=O)C1CCN(C(=O)Cc2ccc(Cl)cc2)CC1. The lowest BCUT2D eigenvalue weighted by molar-refractivity contribution is -0.135. The van der Waals surface area contributed by atoms with Gasteiger partial charge in [0.05, 0.1) is 6.42 Å². The highest BCUT2D eigenvalue weighted by Gasteiger charge is 2.27. The lowest BCUT2D eigenvalue weighted by Gasteiger charge is -2.32. The molecule has 0 bridgehead atoms. The van der Waals surface area contributed by atoms with Crippen molar-refractivity contribution in [1.29, 1.82) is 0 Å². The first-order valence-corrected chi connectivity index (χ1v) is 8.70. The predicted octanol–water partition coefficient (Wildman–Crippen LogP) is 3.04. The zero-order valence-corrected chi connectivity index (χ0v) is 14.6. The Labute approximate surface area is 143 Å². The third-order valence-electron chi connectivity index (χ3n) is 4.49. The number of amides is 2. The van der Waals surface area contributed by atoms with E-state index in [0.717, 1.165) is 24.8 Å². The molecule has 0 saturated carbocycles. The molecule has 1 aromatic carbocycles. The smallest absolute Gasteiger partial charge is 0.226 e. The minimum absolute atomic E-state index is 0.0311. The number of rotatable bonds is 5. The minimum Gasteiger partial charge on any atom is -0.353 e. The maximum atomic E-state index is 12.3. The Morgan fingerprint density at radius 1 is 1.26 bits per heavy atom. The average molecular weight is 337 g/mol. The maximum absolute atomic E-state index is 12.3. The van der Waals surface area contributed by atoms with Gasteiger partial charge in [-0.25, -0.2) is 0 Å². The zero-order chi connectivity index (χ0) is 16.8. The number of carbonyl (C=O) groups is 2. The Balaban J connectivity index is 1.80. The first kappa shape index (κ1) is 17.8. The van der Waals surface area contributed by atoms with Gasteiger partial charge in [-0.2, -0.15) is 0 Å². The van der Waals surface area contributed by atoms with Crippen molar-refractivity contribution >= 4 is 23.4 Å². The molecular weight excluding hydrogens is 312 g/mol. The van der Waals surface area contributed by atoms with Crippen molar-refractivity contribution in [1.82, 2.24) is 10.2 Å². The summed E-state index contributed by atoms with van der Waals surface area (Å²) in [4.78, 5) is 26.3. The fraction of sp³-hybridized carbons (Fsp3) is 0.556. The van der Waals surface area contributed by atoms with Crippen LogP contribution in [0.2, 0.25) is 5.02 Å². The van der Waals surface area contributed by atoms with Gasteiger partial charge in [-0.1, -0.05) is 30.7 Å². The van der Waals surface area contributed by atoms with Crippen LogP contribution in [0, 0.1) is 5.92 Å². The lowest BCUT2D eigenvalue weighted by Crippen LogP contribution is -2.45. The van der Waals surface area contributed by atoms with Gasteiger partial charge in [0.2, 0.25) is 11.8 Å². The Kier molecular flexibility index (Phi) is 6.46. The molecule has 1 aliphatic rings. The molecule has 1 saturated heterocycles. The number of piperidine rings is 1. The van der Waals surface area contributed by atoms with Gasteiger partial charge < -0.3 is 10.2 Å². The van der Waals surface area contributed by atoms with Crippen LogP contribution < -0.4 is 5.32 Å². The summed E-state index contributed by atoms with van der Waals surface area (Å²) >= 11 is 5.86. The number of hydrogen-bond donors (Lipinski definition) is 1. The second-order valence-corrected chi connectivity index (χ2v) is 6.71. The number of halogens is 1. The van der Waals surface area contributed by atoms with Crippen LogP contribution in [0.25, 0.3) is 0 Å². The summed E-state index contributed by atoms with van der Waals surface area (Å²) in [6.45, 7) is 5.39. The van der Waals surface area contributed by atoms with Crippen LogP contribution in [0.1, 0.15) is 38.7 Å². The lowest BCUT2D eigenvalue weighted by atomic mass is 9.95. The van der Waals surface area contributed by atoms with E-state index in [1.54, 1.807) is 12.1 Å². The fourth-order valence-corrected chi connectivity index (χ4v) is 2.87. The van der Waals surface area contributed by atoms with E-state index < -0.39 is 0 Å². The van der Waals surface area contributed by atoms with Gasteiger partial charge in [0.15, 0.2) is 0 Å². The standard InChI is InChI=1S/C18H25ClN2O2/c1-3-13(2)20-18(23)15-8-10-21(11-9-15)17(22)12-14-4-6-16(19)7-5-14/h4-7,13,15H,3,8-12H2,1-2H3,(H,20,23). The number of likely N-dealkylation sites (tertiary alicyclic amines) is 1. The Hall–Kier alpha value is -1.55. The average Bonchev–Trinajstić information content (AvgIpc) is 2.56. The van der Waals surface area contributed by atoms with E-state index >= 15 is 0 Å². The van der Waals surface area contributed by atoms with E-state index in [1.165, 1.54) is 0 Å². The number of benzene rings is 1. The van der Waals surface area contributed by atoms with Crippen LogP contribution in [-0.2, 0) is 16.0 Å². The summed E-state index contributed by atoms with van der Waals surface area (Å²) in [6, 6.07) is 7.58. The van der Waals surface area contributed by atoms with Gasteiger partial charge >= 0.3 is 0 Å². The number of nitrogens with zero attached hydrogens (tertiary/aromatic N) is 1. The van der Waals surface area contributed by atoms with Crippen LogP contribution in [-0.4, -0.2) is 35.8 Å². The van der Waals surface area contributed by atoms with E-state index in [1.807, 2.05) is 24.0 Å². The summed E-state index contributed by atoms with van der Waals surface area (Å²) in [5, 5.41) is 3.71. The van der Waals surface area contributed by atoms with E-state index in [0.29, 0.717) is 24.5 Å². The van der Waals surface area contributed by atoms with E-state index in [2.05, 4.69) is 12.2 Å². The molecule has 1 unspecified atom stereocenters. The summed E-state index contributed by atoms with van der Waals surface area (Å²) in [5.41, 5.74) is 0.969. The highest BCUT2D eigenvalue weighted by Crippen LogP contribution is 2.19. The molecule has 23 heavy (non-hydrogen) atoms. The molecule has 0 radical (unpaired) electrons. The molecule has 0 aliphatic carbocycles. The van der Waals surface area contributed by atoms with Gasteiger partial charge in [0.1, 0.15) is 0 Å². The molecule has 2 rings (SSSR count). The van der Waals surface area contributed by atoms with Gasteiger partial charge in [-0.3, -0.25) is 9.59 Å². The number of carbonyl (C=O) groups excluding carboxylic acids is 2. The third kappa shape index (κ3) is 5.24. The van der Waals surface area contributed by atoms with E-state index in [9.17, 15) is 9.59 Å². The largest absolute Gasteiger partial charge is 0.353 e. The highest BCUT2D eigenvalue weighted by atomic mass is 35.5. The first-order chi connectivity index (χ1) is 11.0. The van der Waals surface area contributed by atoms with Crippen molar-refractivity contribution in [2.75, 3.05) is 13.1 Å². The molecule has 0 spiro atoms. The van der Waals surface area contributed by atoms with Crippen molar-refractivity contribution in [2.24, 2.45) is 5.92 Å². The molecule has 1 aromatic rings. The van der Waals surface area contributed by atoms with E-state index in [4.69, 9.17) is 11.6 Å². The molecule has 4 nitrogen and oxygen atoms in total. The normalized spacial score (nSPS) is 16.9. The highest BCUT2D eigenvalue weighted by molar-refractivity contribution is 6.30. The summed E-state index contributed by atoms with van der Waals surface area (Å²) in [7, 11) is 0. The third-order valence-corrected chi connectivity index (χ3v) is 4.74. The van der Waals surface area contributed by atoms with E-state index in [-0.39, 0.29) is 23.8 Å². The second kappa shape index (κ2) is 8.34. The van der Waals surface area contributed by atoms with Gasteiger partial charge in [-0.15, -0.1) is 0 Å². The molecule has 1 heterocycles. The van der Waals surface area contributed by atoms with Crippen molar-refractivity contribution in [3.63, 3.8) is 0 Å². The quantitative estimate of drug-likeness (QED) is 0.898. The van der Waals surface area contributed by atoms with Crippen molar-refractivity contribution in [3.05, 3.63) is 34.9 Å². The van der Waals surface area contributed by atoms with Gasteiger partial charge in [0, 0.05) is 30.1 Å². The molecule has 1 N–H and O–H groups in total. The van der Waals surface area contributed by atoms with Crippen LogP contribution in [0.15, 0.2) is 24.3 Å². The van der Waals surface area contributed by atoms with Crippen molar-refractivity contribution in [2.45, 2.75) is 45.6 Å². The summed E-state index contributed by atoms with van der Waals surface area (Å²) in [6.07, 6.45) is 2.81. The van der Waals surface area contributed by atoms with Crippen LogP contribution in [0.3, 0.4) is 0 Å². The van der Waals surface area contributed by atoms with Gasteiger partial charge in [0.25, 0.3) is 0 Å². The molecule has 1 aliphatic heterocycles. The fourth-order valence-electron chi connectivity index (χ4n) is 2.74. The van der Waals surface area contributed by atoms with Crippen molar-refractivity contribution in [3.8, 4) is 0 Å². The predicted molar refractivity (Wildman–Crippen MR) is 92.4 cm³/mol. The Morgan fingerprint density at radius 2 is 1.87 bits per heavy atom. The Bertz CT molecular complexity index is 536. The van der Waals surface area contributed by atoms with Crippen molar-refractivity contribution < 1.29 is 9.59 Å². The molecular formula is C18H25ClN2O2. The number of hydrogen-bond acceptors (Lipinski definition) is 2. The Morgan fingerprint density at radius 3 is 2.43 bits per heavy atom. The van der Waals surface area contributed by atoms with Crippen LogP contribution >= 0.6 is 11.6 Å². The second-order valence-electron chi connectivity index (χ2n) is 6.28. The minimum atomic E-state index is 0.0311. The molecule has 126 valence electrons. The summed E-state index contributed by atoms with van der Waals surface area (Å²) in [5.74, 6) is 0.279. The van der Waals surface area contributed by atoms with Crippen LogP contribution in [0.5, 0.6) is 0 Å². The monoisotopic (exact) mass is 336 g/mol. The molecule has 5 heteroatoms. The van der Waals surface area contributed by atoms with Gasteiger partial charge in [-0.05, 0) is 43.9 Å². The first-order valence-electron chi connectivity index (χ1n) is 8.32. The number of nitrogens with one attached hydrogen (secondary N) is 1. The topological polar surface area (TPSA) is 49.4 Å². The molecule has 0 aromatic heterocycles. The molecule has 2 amide bonds. The summed E-state index contributed by atoms with van der Waals surface area (Å²) < 4.78 is 0.